The summed E-state index contributed by atoms with van der Waals surface area (Å²) in [6, 6.07) is 0. The summed E-state index contributed by atoms with van der Waals surface area (Å²) in [5.41, 5.74) is 0. The summed E-state index contributed by atoms with van der Waals surface area (Å²) in [5, 5.41) is 3.42. The van der Waals surface area contributed by atoms with E-state index in [0.29, 0.717) is 12.2 Å². The molecule has 0 bridgehead atoms. The van der Waals surface area contributed by atoms with Crippen molar-refractivity contribution in [3.05, 3.63) is 0 Å². The molecule has 0 spiro atoms. The van der Waals surface area contributed by atoms with Crippen molar-refractivity contribution in [2.75, 3.05) is 33.2 Å². The Kier molecular flexibility index (Phi) is 5.99. The van der Waals surface area contributed by atoms with Gasteiger partial charge in [0.25, 0.3) is 0 Å². The number of carbonyl (C=O) groups excluding carboxylic acids is 1. The van der Waals surface area contributed by atoms with Crippen molar-refractivity contribution >= 4 is 5.78 Å². The van der Waals surface area contributed by atoms with Gasteiger partial charge in [0.05, 0.1) is 0 Å². The van der Waals surface area contributed by atoms with Crippen molar-refractivity contribution in [1.82, 2.24) is 10.2 Å². The Labute approximate surface area is 99.6 Å². The zero-order valence-corrected chi connectivity index (χ0v) is 11.0. The van der Waals surface area contributed by atoms with Crippen molar-refractivity contribution < 1.29 is 4.79 Å². The summed E-state index contributed by atoms with van der Waals surface area (Å²) in [4.78, 5) is 13.8. The van der Waals surface area contributed by atoms with Crippen LogP contribution in [-0.4, -0.2) is 43.9 Å². The monoisotopic (exact) mass is 226 g/mol. The number of hydrogen-bond acceptors (Lipinski definition) is 3. The summed E-state index contributed by atoms with van der Waals surface area (Å²) >= 11 is 0. The summed E-state index contributed by atoms with van der Waals surface area (Å²) in [5.74, 6) is 1.37. The number of carbonyl (C=O) groups is 1. The molecule has 1 aliphatic rings. The molecule has 0 aromatic heterocycles. The normalized spacial score (nSPS) is 19.2. The molecule has 0 atom stereocenters. The molecule has 16 heavy (non-hydrogen) atoms. The number of hydrogen-bond donors (Lipinski definition) is 1. The van der Waals surface area contributed by atoms with E-state index in [1.807, 2.05) is 13.8 Å². The van der Waals surface area contributed by atoms with E-state index >= 15 is 0 Å². The van der Waals surface area contributed by atoms with Gasteiger partial charge in [-0.25, -0.2) is 0 Å². The smallest absolute Gasteiger partial charge is 0.136 e. The molecule has 1 fully saturated rings. The van der Waals surface area contributed by atoms with Crippen LogP contribution < -0.4 is 5.32 Å². The van der Waals surface area contributed by atoms with Crippen LogP contribution in [0.4, 0.5) is 0 Å². The van der Waals surface area contributed by atoms with E-state index in [-0.39, 0.29) is 5.92 Å². The molecule has 1 saturated heterocycles. The van der Waals surface area contributed by atoms with E-state index in [4.69, 9.17) is 0 Å². The molecule has 1 rings (SSSR count). The van der Waals surface area contributed by atoms with Crippen molar-refractivity contribution in [2.24, 2.45) is 11.8 Å². The first-order valence-electron chi connectivity index (χ1n) is 6.51. The van der Waals surface area contributed by atoms with Gasteiger partial charge in [0.2, 0.25) is 0 Å². The van der Waals surface area contributed by atoms with E-state index < -0.39 is 0 Å². The fourth-order valence-corrected chi connectivity index (χ4v) is 2.07. The quantitative estimate of drug-likeness (QED) is 0.697. The van der Waals surface area contributed by atoms with Crippen LogP contribution >= 0.6 is 0 Å². The van der Waals surface area contributed by atoms with Crippen LogP contribution in [0.2, 0.25) is 0 Å². The highest BCUT2D eigenvalue weighted by Crippen LogP contribution is 2.14. The highest BCUT2D eigenvalue weighted by molar-refractivity contribution is 5.80. The molecule has 0 amide bonds. The zero-order valence-electron chi connectivity index (χ0n) is 11.0. The Bertz CT molecular complexity index is 208. The second kappa shape index (κ2) is 7.02. The minimum Gasteiger partial charge on any atom is -0.316 e. The number of piperidine rings is 1. The number of rotatable bonds is 6. The maximum Gasteiger partial charge on any atom is 0.136 e. The zero-order chi connectivity index (χ0) is 12.0. The second-order valence-electron chi connectivity index (χ2n) is 5.32. The Morgan fingerprint density at radius 2 is 2.00 bits per heavy atom. The summed E-state index contributed by atoms with van der Waals surface area (Å²) in [6.45, 7) is 8.32. The number of Topliss-reactive ketones (excluding diaryl/α,β-unsaturated/α-hetero) is 1. The first kappa shape index (κ1) is 13.7. The lowest BCUT2D eigenvalue weighted by molar-refractivity contribution is -0.121. The van der Waals surface area contributed by atoms with Crippen LogP contribution in [0.1, 0.15) is 33.1 Å². The van der Waals surface area contributed by atoms with Crippen molar-refractivity contribution in [2.45, 2.75) is 33.1 Å². The van der Waals surface area contributed by atoms with Crippen LogP contribution in [0.3, 0.4) is 0 Å². The van der Waals surface area contributed by atoms with Crippen molar-refractivity contribution in [3.8, 4) is 0 Å². The Hall–Kier alpha value is -0.410. The fraction of sp³-hybridized carbons (Fsp3) is 0.923. The molecule has 0 unspecified atom stereocenters. The third-order valence-corrected chi connectivity index (χ3v) is 3.46. The maximum absolute atomic E-state index is 11.4. The van der Waals surface area contributed by atoms with E-state index in [0.717, 1.165) is 19.0 Å². The van der Waals surface area contributed by atoms with E-state index in [1.54, 1.807) is 0 Å². The van der Waals surface area contributed by atoms with Gasteiger partial charge in [0.1, 0.15) is 5.78 Å². The van der Waals surface area contributed by atoms with Gasteiger partial charge in [-0.1, -0.05) is 13.8 Å². The topological polar surface area (TPSA) is 32.3 Å². The first-order chi connectivity index (χ1) is 7.59. The average molecular weight is 226 g/mol. The van der Waals surface area contributed by atoms with Crippen molar-refractivity contribution in [1.29, 1.82) is 0 Å². The van der Waals surface area contributed by atoms with Crippen LogP contribution in [0.25, 0.3) is 0 Å². The third kappa shape index (κ3) is 5.08. The van der Waals surface area contributed by atoms with Gasteiger partial charge in [-0.3, -0.25) is 4.79 Å². The lowest BCUT2D eigenvalue weighted by Gasteiger charge is -2.29. The molecule has 0 radical (unpaired) electrons. The van der Waals surface area contributed by atoms with Gasteiger partial charge in [-0.05, 0) is 45.4 Å². The SMILES string of the molecule is CC(C)C(=O)CCNCC1CCN(C)CC1. The maximum atomic E-state index is 11.4. The van der Waals surface area contributed by atoms with Gasteiger partial charge in [-0.2, -0.15) is 0 Å². The molecular formula is C13H26N2O. The lowest BCUT2D eigenvalue weighted by Crippen LogP contribution is -2.35. The number of nitrogens with zero attached hydrogens (tertiary/aromatic N) is 1. The van der Waals surface area contributed by atoms with Crippen molar-refractivity contribution in [3.63, 3.8) is 0 Å². The van der Waals surface area contributed by atoms with Crippen LogP contribution in [0.5, 0.6) is 0 Å². The first-order valence-corrected chi connectivity index (χ1v) is 6.51. The third-order valence-electron chi connectivity index (χ3n) is 3.46. The summed E-state index contributed by atoms with van der Waals surface area (Å²) in [7, 11) is 2.19. The van der Waals surface area contributed by atoms with Crippen LogP contribution in [0.15, 0.2) is 0 Å². The molecular weight excluding hydrogens is 200 g/mol. The van der Waals surface area contributed by atoms with E-state index in [1.165, 1.54) is 25.9 Å². The van der Waals surface area contributed by atoms with E-state index in [2.05, 4.69) is 17.3 Å². The number of likely N-dealkylation sites (tertiary alicyclic amines) is 1. The minimum absolute atomic E-state index is 0.185. The number of ketones is 1. The van der Waals surface area contributed by atoms with E-state index in [9.17, 15) is 4.79 Å². The van der Waals surface area contributed by atoms with Gasteiger partial charge in [0.15, 0.2) is 0 Å². The molecule has 0 aliphatic carbocycles. The largest absolute Gasteiger partial charge is 0.316 e. The number of nitrogens with one attached hydrogen (secondary N) is 1. The molecule has 0 aromatic rings. The Morgan fingerprint density at radius 1 is 1.38 bits per heavy atom. The van der Waals surface area contributed by atoms with Crippen LogP contribution in [0, 0.1) is 11.8 Å². The molecule has 94 valence electrons. The minimum atomic E-state index is 0.185. The molecule has 0 saturated carbocycles. The standard InChI is InChI=1S/C13H26N2O/c1-11(2)13(16)4-7-14-10-12-5-8-15(3)9-6-12/h11-12,14H,4-10H2,1-3H3. The fourth-order valence-electron chi connectivity index (χ4n) is 2.07. The second-order valence-corrected chi connectivity index (χ2v) is 5.32. The van der Waals surface area contributed by atoms with Crippen LogP contribution in [-0.2, 0) is 4.79 Å². The summed E-state index contributed by atoms with van der Waals surface area (Å²) in [6.07, 6.45) is 3.27. The molecule has 1 aliphatic heterocycles. The predicted molar refractivity (Wildman–Crippen MR) is 67.6 cm³/mol. The average Bonchev–Trinajstić information content (AvgIpc) is 2.26. The Morgan fingerprint density at radius 3 is 2.56 bits per heavy atom. The molecule has 0 aromatic carbocycles. The van der Waals surface area contributed by atoms with Gasteiger partial charge < -0.3 is 10.2 Å². The summed E-state index contributed by atoms with van der Waals surface area (Å²) < 4.78 is 0. The highest BCUT2D eigenvalue weighted by Gasteiger charge is 2.16. The lowest BCUT2D eigenvalue weighted by atomic mass is 9.97. The van der Waals surface area contributed by atoms with Gasteiger partial charge >= 0.3 is 0 Å². The Balaban J connectivity index is 2.01. The molecule has 1 N–H and O–H groups in total. The van der Waals surface area contributed by atoms with Gasteiger partial charge in [-0.15, -0.1) is 0 Å². The van der Waals surface area contributed by atoms with Gasteiger partial charge in [0, 0.05) is 18.9 Å². The molecule has 3 nitrogen and oxygen atoms in total. The molecule has 1 heterocycles. The molecule has 3 heteroatoms. The predicted octanol–water partition coefficient (Wildman–Crippen LogP) is 1.53. The highest BCUT2D eigenvalue weighted by atomic mass is 16.1.